The van der Waals surface area contributed by atoms with Crippen molar-refractivity contribution in [3.8, 4) is 0 Å². The van der Waals surface area contributed by atoms with Gasteiger partial charge < -0.3 is 5.32 Å². The molecule has 136 valence electrons. The molecule has 1 saturated heterocycles. The number of aromatic nitrogens is 4. The van der Waals surface area contributed by atoms with Crippen LogP contribution >= 0.6 is 0 Å². The van der Waals surface area contributed by atoms with Gasteiger partial charge in [0, 0.05) is 50.2 Å². The first-order chi connectivity index (χ1) is 12.6. The minimum Gasteiger partial charge on any atom is -0.312 e. The number of aryl methyl sites for hydroxylation is 2. The van der Waals surface area contributed by atoms with E-state index in [-0.39, 0.29) is 0 Å². The number of fused-ring (bicyclic) bond motifs is 1. The van der Waals surface area contributed by atoms with Crippen molar-refractivity contribution in [1.29, 1.82) is 0 Å². The minimum absolute atomic E-state index is 0.442. The second kappa shape index (κ2) is 7.13. The van der Waals surface area contributed by atoms with E-state index < -0.39 is 0 Å². The first-order valence-corrected chi connectivity index (χ1v) is 9.22. The van der Waals surface area contributed by atoms with Gasteiger partial charge in [0.2, 0.25) is 0 Å². The van der Waals surface area contributed by atoms with Crippen molar-refractivity contribution < 1.29 is 0 Å². The molecule has 6 nitrogen and oxygen atoms in total. The molecular formula is C20H26N6. The zero-order valence-electron chi connectivity index (χ0n) is 15.7. The molecule has 1 fully saturated rings. The van der Waals surface area contributed by atoms with Crippen molar-refractivity contribution >= 4 is 11.0 Å². The molecule has 6 heteroatoms. The Balaban J connectivity index is 1.42. The molecule has 4 heterocycles. The smallest absolute Gasteiger partial charge is 0.157 e. The Bertz CT molecular complexity index is 888. The Hall–Kier alpha value is -2.31. The fraction of sp³-hybridized carbons (Fsp3) is 0.450. The summed E-state index contributed by atoms with van der Waals surface area (Å²) in [6.07, 6.45) is 7.01. The highest BCUT2D eigenvalue weighted by Crippen LogP contribution is 2.35. The van der Waals surface area contributed by atoms with E-state index in [0.717, 1.165) is 36.4 Å². The Morgan fingerprint density at radius 1 is 1.27 bits per heavy atom. The monoisotopic (exact) mass is 350 g/mol. The van der Waals surface area contributed by atoms with Gasteiger partial charge in [-0.15, -0.1) is 0 Å². The number of pyridine rings is 2. The number of likely N-dealkylation sites (tertiary alicyclic amines) is 1. The van der Waals surface area contributed by atoms with Crippen LogP contribution < -0.4 is 5.32 Å². The Morgan fingerprint density at radius 2 is 2.15 bits per heavy atom. The van der Waals surface area contributed by atoms with Gasteiger partial charge in [0.15, 0.2) is 5.65 Å². The summed E-state index contributed by atoms with van der Waals surface area (Å²) in [5, 5.41) is 9.23. The van der Waals surface area contributed by atoms with Crippen LogP contribution in [0.3, 0.4) is 0 Å². The molecule has 0 amide bonds. The number of nitrogens with zero attached hydrogens (tertiary/aromatic N) is 5. The van der Waals surface area contributed by atoms with E-state index in [1.165, 1.54) is 17.5 Å². The minimum atomic E-state index is 0.442. The van der Waals surface area contributed by atoms with Crippen LogP contribution in [-0.2, 0) is 13.6 Å². The molecule has 1 aliphatic rings. The summed E-state index contributed by atoms with van der Waals surface area (Å²) in [6, 6.07) is 6.87. The van der Waals surface area contributed by atoms with Crippen molar-refractivity contribution in [2.75, 3.05) is 20.1 Å². The van der Waals surface area contributed by atoms with Crippen molar-refractivity contribution in [2.24, 2.45) is 13.0 Å². The lowest BCUT2D eigenvalue weighted by Crippen LogP contribution is -2.28. The van der Waals surface area contributed by atoms with Gasteiger partial charge in [-0.2, -0.15) is 5.10 Å². The van der Waals surface area contributed by atoms with Gasteiger partial charge in [-0.1, -0.05) is 6.07 Å². The van der Waals surface area contributed by atoms with Gasteiger partial charge >= 0.3 is 0 Å². The van der Waals surface area contributed by atoms with Crippen LogP contribution in [0.1, 0.15) is 29.3 Å². The molecule has 0 aliphatic carbocycles. The van der Waals surface area contributed by atoms with Crippen LogP contribution in [0.4, 0.5) is 0 Å². The molecule has 0 bridgehead atoms. The fourth-order valence-electron chi connectivity index (χ4n) is 4.17. The average Bonchev–Trinajstić information content (AvgIpc) is 3.15. The molecule has 3 aromatic heterocycles. The molecule has 26 heavy (non-hydrogen) atoms. The van der Waals surface area contributed by atoms with Crippen molar-refractivity contribution in [1.82, 2.24) is 30.0 Å². The first-order valence-electron chi connectivity index (χ1n) is 9.22. The highest BCUT2D eigenvalue weighted by Gasteiger charge is 2.32. The summed E-state index contributed by atoms with van der Waals surface area (Å²) in [5.41, 5.74) is 4.50. The quantitative estimate of drug-likeness (QED) is 0.766. The third-order valence-electron chi connectivity index (χ3n) is 5.46. The van der Waals surface area contributed by atoms with Gasteiger partial charge in [-0.25, -0.2) is 4.98 Å². The maximum absolute atomic E-state index is 4.57. The zero-order chi connectivity index (χ0) is 18.1. The van der Waals surface area contributed by atoms with E-state index >= 15 is 0 Å². The summed E-state index contributed by atoms with van der Waals surface area (Å²) in [5.74, 6) is 0.598. The normalized spacial score (nSPS) is 20.9. The first kappa shape index (κ1) is 17.1. The fourth-order valence-corrected chi connectivity index (χ4v) is 4.17. The van der Waals surface area contributed by atoms with E-state index in [1.54, 1.807) is 0 Å². The molecule has 1 aliphatic heterocycles. The molecular weight excluding hydrogens is 324 g/mol. The van der Waals surface area contributed by atoms with Gasteiger partial charge in [-0.05, 0) is 56.1 Å². The van der Waals surface area contributed by atoms with E-state index in [0.29, 0.717) is 12.0 Å². The standard InChI is InChI=1S/C20H26N6/c1-14-18-9-15(11-23-20(18)26(3)24-14)10-22-13-17-6-8-25(2)19(17)16-5-4-7-21-12-16/h4-5,7,9,11-12,17,19,22H,6,8,10,13H2,1-3H3/t17-,19-/m0/s1. The molecule has 0 radical (unpaired) electrons. The summed E-state index contributed by atoms with van der Waals surface area (Å²) in [6.45, 7) is 4.99. The molecule has 0 spiro atoms. The van der Waals surface area contributed by atoms with Gasteiger partial charge in [0.05, 0.1) is 5.69 Å². The van der Waals surface area contributed by atoms with Gasteiger partial charge in [0.25, 0.3) is 0 Å². The van der Waals surface area contributed by atoms with Crippen LogP contribution in [0.15, 0.2) is 36.8 Å². The molecule has 4 rings (SSSR count). The van der Waals surface area contributed by atoms with Crippen molar-refractivity contribution in [3.05, 3.63) is 53.6 Å². The molecule has 1 N–H and O–H groups in total. The molecule has 0 unspecified atom stereocenters. The Morgan fingerprint density at radius 3 is 2.96 bits per heavy atom. The third kappa shape index (κ3) is 3.22. The molecule has 2 atom stereocenters. The number of nitrogens with one attached hydrogen (secondary N) is 1. The summed E-state index contributed by atoms with van der Waals surface area (Å²) < 4.78 is 1.84. The lowest BCUT2D eigenvalue weighted by Gasteiger charge is -2.25. The van der Waals surface area contributed by atoms with E-state index in [2.05, 4.69) is 44.5 Å². The number of hydrogen-bond acceptors (Lipinski definition) is 5. The number of hydrogen-bond donors (Lipinski definition) is 1. The van der Waals surface area contributed by atoms with Crippen molar-refractivity contribution in [3.63, 3.8) is 0 Å². The lowest BCUT2D eigenvalue weighted by atomic mass is 9.94. The van der Waals surface area contributed by atoms with Crippen molar-refractivity contribution in [2.45, 2.75) is 25.9 Å². The second-order valence-corrected chi connectivity index (χ2v) is 7.32. The SMILES string of the molecule is Cc1nn(C)c2ncc(CNC[C@@H]3CCN(C)[C@H]3c3cccnc3)cc12. The maximum atomic E-state index is 4.57. The summed E-state index contributed by atoms with van der Waals surface area (Å²) >= 11 is 0. The van der Waals surface area contributed by atoms with Crippen LogP contribution in [0.25, 0.3) is 11.0 Å². The van der Waals surface area contributed by atoms with Crippen LogP contribution in [0, 0.1) is 12.8 Å². The highest BCUT2D eigenvalue weighted by molar-refractivity contribution is 5.78. The Kier molecular flexibility index (Phi) is 4.70. The molecule has 0 saturated carbocycles. The Labute approximate surface area is 154 Å². The molecule has 0 aromatic carbocycles. The van der Waals surface area contributed by atoms with Crippen LogP contribution in [-0.4, -0.2) is 44.8 Å². The highest BCUT2D eigenvalue weighted by atomic mass is 15.3. The van der Waals surface area contributed by atoms with Gasteiger partial charge in [0.1, 0.15) is 0 Å². The maximum Gasteiger partial charge on any atom is 0.157 e. The summed E-state index contributed by atoms with van der Waals surface area (Å²) in [7, 11) is 4.15. The third-order valence-corrected chi connectivity index (χ3v) is 5.46. The predicted molar refractivity (Wildman–Crippen MR) is 103 cm³/mol. The zero-order valence-corrected chi connectivity index (χ0v) is 15.7. The lowest BCUT2D eigenvalue weighted by molar-refractivity contribution is 0.271. The van der Waals surface area contributed by atoms with E-state index in [1.807, 2.05) is 43.3 Å². The van der Waals surface area contributed by atoms with Crippen LogP contribution in [0.5, 0.6) is 0 Å². The average molecular weight is 350 g/mol. The van der Waals surface area contributed by atoms with E-state index in [9.17, 15) is 0 Å². The largest absolute Gasteiger partial charge is 0.312 e. The molecule has 3 aromatic rings. The second-order valence-electron chi connectivity index (χ2n) is 7.32. The topological polar surface area (TPSA) is 58.9 Å². The van der Waals surface area contributed by atoms with Crippen LogP contribution in [0.2, 0.25) is 0 Å². The van der Waals surface area contributed by atoms with E-state index in [4.69, 9.17) is 0 Å². The predicted octanol–water partition coefficient (Wildman–Crippen LogP) is 2.45. The van der Waals surface area contributed by atoms with Gasteiger partial charge in [-0.3, -0.25) is 14.6 Å². The summed E-state index contributed by atoms with van der Waals surface area (Å²) in [4.78, 5) is 11.3. The number of rotatable bonds is 5.